The van der Waals surface area contributed by atoms with Gasteiger partial charge in [0.05, 0.1) is 5.75 Å². The molecule has 1 saturated heterocycles. The Morgan fingerprint density at radius 1 is 0.952 bits per heavy atom. The van der Waals surface area contributed by atoms with E-state index in [1.165, 1.54) is 5.56 Å². The van der Waals surface area contributed by atoms with E-state index in [0.717, 1.165) is 34.9 Å². The molecule has 0 unspecified atom stereocenters. The van der Waals surface area contributed by atoms with Crippen LogP contribution in [0.4, 0.5) is 4.79 Å². The highest BCUT2D eigenvalue weighted by Crippen LogP contribution is 2.25. The lowest BCUT2D eigenvalue weighted by Crippen LogP contribution is -2.44. The first-order valence-corrected chi connectivity index (χ1v) is 16.1. The molecule has 2 heterocycles. The second-order valence-electron chi connectivity index (χ2n) is 11.0. The van der Waals surface area contributed by atoms with Gasteiger partial charge < -0.3 is 14.2 Å². The smallest absolute Gasteiger partial charge is 0.410 e. The van der Waals surface area contributed by atoms with E-state index in [1.54, 1.807) is 11.0 Å². The molecule has 4 aromatic rings. The Bertz CT molecular complexity index is 1630. The molecule has 1 aliphatic heterocycles. The fourth-order valence-electron chi connectivity index (χ4n) is 5.67. The Morgan fingerprint density at radius 2 is 1.67 bits per heavy atom. The number of fused-ring (bicyclic) bond motifs is 1. The number of amides is 2. The first-order chi connectivity index (χ1) is 20.3. The van der Waals surface area contributed by atoms with Crippen LogP contribution in [0.25, 0.3) is 10.9 Å². The van der Waals surface area contributed by atoms with E-state index in [0.29, 0.717) is 31.6 Å². The lowest BCUT2D eigenvalue weighted by Gasteiger charge is -2.31. The van der Waals surface area contributed by atoms with Gasteiger partial charge in [-0.15, -0.1) is 0 Å². The highest BCUT2D eigenvalue weighted by atomic mass is 32.2. The summed E-state index contributed by atoms with van der Waals surface area (Å²) >= 11 is 0. The van der Waals surface area contributed by atoms with Crippen LogP contribution in [-0.2, 0) is 34.3 Å². The Labute approximate surface area is 247 Å². The van der Waals surface area contributed by atoms with Crippen molar-refractivity contribution in [3.63, 3.8) is 0 Å². The van der Waals surface area contributed by atoms with Crippen LogP contribution >= 0.6 is 0 Å². The maximum atomic E-state index is 13.4. The van der Waals surface area contributed by atoms with E-state index in [9.17, 15) is 18.0 Å². The minimum atomic E-state index is -3.95. The van der Waals surface area contributed by atoms with Crippen LogP contribution in [-0.4, -0.2) is 48.7 Å². The minimum Gasteiger partial charge on any atom is -0.445 e. The molecule has 1 N–H and O–H groups in total. The number of sulfonamides is 1. The van der Waals surface area contributed by atoms with Crippen LogP contribution in [0, 0.1) is 12.8 Å². The maximum Gasteiger partial charge on any atom is 0.410 e. The average molecular weight is 588 g/mol. The number of piperidine rings is 1. The van der Waals surface area contributed by atoms with Crippen LogP contribution in [0.3, 0.4) is 0 Å². The molecule has 220 valence electrons. The summed E-state index contributed by atoms with van der Waals surface area (Å²) in [7, 11) is -3.95. The first kappa shape index (κ1) is 29.4. The number of hydrogen-bond donors (Lipinski definition) is 1. The summed E-state index contributed by atoms with van der Waals surface area (Å²) in [5.41, 5.74) is 4.35. The lowest BCUT2D eigenvalue weighted by atomic mass is 10.0. The Morgan fingerprint density at radius 3 is 2.40 bits per heavy atom. The lowest BCUT2D eigenvalue weighted by molar-refractivity contribution is 0.0811. The third kappa shape index (κ3) is 7.39. The first-order valence-electron chi connectivity index (χ1n) is 14.4. The Balaban J connectivity index is 1.23. The monoisotopic (exact) mass is 587 g/mol. The Hall–Kier alpha value is -4.11. The molecule has 1 aromatic heterocycles. The molecule has 0 saturated carbocycles. The fraction of sp³-hybridized carbons (Fsp3) is 0.333. The van der Waals surface area contributed by atoms with E-state index < -0.39 is 22.0 Å². The third-order valence-electron chi connectivity index (χ3n) is 7.77. The number of hydrogen-bond acceptors (Lipinski definition) is 5. The van der Waals surface area contributed by atoms with E-state index >= 15 is 0 Å². The molecule has 42 heavy (non-hydrogen) atoms. The summed E-state index contributed by atoms with van der Waals surface area (Å²) in [6.45, 7) is 3.50. The molecule has 0 aliphatic carbocycles. The standard InChI is InChI=1S/C33H37N3O5S/c1-25-11-8-18-30-29(25)21-31(36(30)20-10-16-26-12-4-2-5-13-26)32(37)34-42(39,40)24-28-17-9-19-35(22-28)33(38)41-23-27-14-6-3-7-15-27/h2-8,11-15,18,21,28H,9-10,16-17,19-20,22-24H2,1H3,(H,34,37)/t28-/m1/s1. The van der Waals surface area contributed by atoms with Gasteiger partial charge in [-0.2, -0.15) is 0 Å². The average Bonchev–Trinajstić information content (AvgIpc) is 3.37. The topological polar surface area (TPSA) is 97.7 Å². The number of carbonyl (C=O) groups excluding carboxylic acids is 2. The number of benzene rings is 3. The van der Waals surface area contributed by atoms with Gasteiger partial charge in [0, 0.05) is 30.5 Å². The predicted octanol–water partition coefficient (Wildman–Crippen LogP) is 5.69. The summed E-state index contributed by atoms with van der Waals surface area (Å²) in [6.07, 6.45) is 2.51. The second kappa shape index (κ2) is 13.2. The number of likely N-dealkylation sites (tertiary alicyclic amines) is 1. The molecule has 0 spiro atoms. The van der Waals surface area contributed by atoms with E-state index in [-0.39, 0.29) is 24.8 Å². The van der Waals surface area contributed by atoms with Crippen LogP contribution in [0.1, 0.15) is 46.4 Å². The van der Waals surface area contributed by atoms with Crippen molar-refractivity contribution in [2.75, 3.05) is 18.8 Å². The predicted molar refractivity (Wildman–Crippen MR) is 164 cm³/mol. The number of aryl methyl sites for hydroxylation is 3. The summed E-state index contributed by atoms with van der Waals surface area (Å²) in [5, 5.41) is 0.927. The number of nitrogens with zero attached hydrogens (tertiary/aromatic N) is 2. The number of rotatable bonds is 10. The summed E-state index contributed by atoms with van der Waals surface area (Å²) < 4.78 is 36.1. The molecule has 1 fully saturated rings. The third-order valence-corrected chi connectivity index (χ3v) is 9.18. The zero-order valence-corrected chi connectivity index (χ0v) is 24.7. The molecule has 2 amide bonds. The quantitative estimate of drug-likeness (QED) is 0.257. The summed E-state index contributed by atoms with van der Waals surface area (Å²) in [5.74, 6) is -1.18. The minimum absolute atomic E-state index is 0.161. The number of nitrogens with one attached hydrogen (secondary N) is 1. The van der Waals surface area contributed by atoms with Gasteiger partial charge in [-0.1, -0.05) is 72.8 Å². The van der Waals surface area contributed by atoms with Gasteiger partial charge in [0.2, 0.25) is 10.0 Å². The van der Waals surface area contributed by atoms with E-state index in [1.807, 2.05) is 78.2 Å². The van der Waals surface area contributed by atoms with Crippen molar-refractivity contribution in [1.29, 1.82) is 0 Å². The highest BCUT2D eigenvalue weighted by molar-refractivity contribution is 7.90. The molecule has 0 radical (unpaired) electrons. The number of carbonyl (C=O) groups is 2. The van der Waals surface area contributed by atoms with Crippen molar-refractivity contribution in [2.24, 2.45) is 5.92 Å². The number of aromatic nitrogens is 1. The molecule has 3 aromatic carbocycles. The van der Waals surface area contributed by atoms with Crippen molar-refractivity contribution in [2.45, 2.75) is 45.8 Å². The zero-order valence-electron chi connectivity index (χ0n) is 23.9. The normalized spacial score (nSPS) is 15.5. The molecule has 1 atom stereocenters. The van der Waals surface area contributed by atoms with Gasteiger partial charge in [0.25, 0.3) is 5.91 Å². The van der Waals surface area contributed by atoms with Gasteiger partial charge in [-0.05, 0) is 67.3 Å². The molecule has 9 heteroatoms. The van der Waals surface area contributed by atoms with Crippen molar-refractivity contribution in [1.82, 2.24) is 14.2 Å². The van der Waals surface area contributed by atoms with Crippen LogP contribution in [0.15, 0.2) is 84.9 Å². The highest BCUT2D eigenvalue weighted by Gasteiger charge is 2.30. The van der Waals surface area contributed by atoms with Crippen LogP contribution < -0.4 is 4.72 Å². The molecule has 5 rings (SSSR count). The van der Waals surface area contributed by atoms with Gasteiger partial charge in [0.1, 0.15) is 12.3 Å². The Kier molecular flexibility index (Phi) is 9.27. The van der Waals surface area contributed by atoms with E-state index in [2.05, 4.69) is 16.9 Å². The van der Waals surface area contributed by atoms with E-state index in [4.69, 9.17) is 4.74 Å². The van der Waals surface area contributed by atoms with Crippen LogP contribution in [0.2, 0.25) is 0 Å². The maximum absolute atomic E-state index is 13.4. The molecule has 1 aliphatic rings. The van der Waals surface area contributed by atoms with Crippen molar-refractivity contribution < 1.29 is 22.7 Å². The van der Waals surface area contributed by atoms with Crippen molar-refractivity contribution >= 4 is 32.9 Å². The molecular weight excluding hydrogens is 550 g/mol. The second-order valence-corrected chi connectivity index (χ2v) is 12.8. The SMILES string of the molecule is Cc1cccc2c1cc(C(=O)NS(=O)(=O)C[C@@H]1CCCN(C(=O)OCc3ccccc3)C1)n2CCCc1ccccc1. The van der Waals surface area contributed by atoms with Gasteiger partial charge in [-0.25, -0.2) is 17.9 Å². The van der Waals surface area contributed by atoms with Gasteiger partial charge in [-0.3, -0.25) is 4.79 Å². The number of ether oxygens (including phenoxy) is 1. The van der Waals surface area contributed by atoms with Crippen molar-refractivity contribution in [3.05, 3.63) is 107 Å². The molecule has 8 nitrogen and oxygen atoms in total. The molecule has 0 bridgehead atoms. The fourth-order valence-corrected chi connectivity index (χ4v) is 7.03. The largest absolute Gasteiger partial charge is 0.445 e. The summed E-state index contributed by atoms with van der Waals surface area (Å²) in [4.78, 5) is 27.6. The van der Waals surface area contributed by atoms with Crippen LogP contribution in [0.5, 0.6) is 0 Å². The summed E-state index contributed by atoms with van der Waals surface area (Å²) in [6, 6.07) is 27.2. The molecular formula is C33H37N3O5S. The van der Waals surface area contributed by atoms with Gasteiger partial charge in [0.15, 0.2) is 0 Å². The zero-order chi connectivity index (χ0) is 29.5. The van der Waals surface area contributed by atoms with Gasteiger partial charge >= 0.3 is 6.09 Å². The van der Waals surface area contributed by atoms with Crippen molar-refractivity contribution in [3.8, 4) is 0 Å².